The van der Waals surface area contributed by atoms with Gasteiger partial charge in [-0.2, -0.15) is 0 Å². The third-order valence-electron chi connectivity index (χ3n) is 5.80. The monoisotopic (exact) mass is 494 g/mol. The molecule has 8 nitrogen and oxygen atoms in total. The molecule has 9 heteroatoms. The standard InChI is InChI=1S/C26H26N2O6S/c1-17-8-10-20(11-9-17)27-25(29)18(2)34-26(30)22-16-21(12-13-24(22)33-3)35(31,32)28-15-14-19-6-4-5-7-23(19)28/h4-13,16,18H,14-15H2,1-3H3,(H,27,29). The van der Waals surface area contributed by atoms with E-state index in [1.807, 2.05) is 31.2 Å². The van der Waals surface area contributed by atoms with Crippen molar-refractivity contribution in [3.63, 3.8) is 0 Å². The molecular weight excluding hydrogens is 468 g/mol. The Kier molecular flexibility index (Phi) is 6.79. The molecule has 1 aliphatic rings. The van der Waals surface area contributed by atoms with Crippen LogP contribution in [0.25, 0.3) is 0 Å². The van der Waals surface area contributed by atoms with E-state index in [-0.39, 0.29) is 16.2 Å². The van der Waals surface area contributed by atoms with Gasteiger partial charge < -0.3 is 14.8 Å². The van der Waals surface area contributed by atoms with Gasteiger partial charge in [0, 0.05) is 12.2 Å². The topological polar surface area (TPSA) is 102 Å². The number of ether oxygens (including phenoxy) is 2. The van der Waals surface area contributed by atoms with Crippen molar-refractivity contribution < 1.29 is 27.5 Å². The fourth-order valence-corrected chi connectivity index (χ4v) is 5.38. The van der Waals surface area contributed by atoms with E-state index in [2.05, 4.69) is 5.32 Å². The van der Waals surface area contributed by atoms with Crippen LogP contribution in [-0.4, -0.2) is 40.1 Å². The molecule has 1 N–H and O–H groups in total. The molecule has 0 saturated heterocycles. The Labute approximate surface area is 204 Å². The number of hydrogen-bond acceptors (Lipinski definition) is 6. The number of carbonyl (C=O) groups excluding carboxylic acids is 2. The molecule has 3 aromatic carbocycles. The number of amides is 1. The van der Waals surface area contributed by atoms with E-state index in [1.165, 1.54) is 36.5 Å². The predicted molar refractivity (Wildman–Crippen MR) is 132 cm³/mol. The summed E-state index contributed by atoms with van der Waals surface area (Å²) in [5, 5.41) is 2.69. The third-order valence-corrected chi connectivity index (χ3v) is 7.60. The number of hydrogen-bond donors (Lipinski definition) is 1. The summed E-state index contributed by atoms with van der Waals surface area (Å²) >= 11 is 0. The maximum atomic E-state index is 13.4. The summed E-state index contributed by atoms with van der Waals surface area (Å²) in [4.78, 5) is 25.4. The van der Waals surface area contributed by atoms with E-state index < -0.39 is 28.0 Å². The van der Waals surface area contributed by atoms with Crippen LogP contribution in [0, 0.1) is 6.92 Å². The number of methoxy groups -OCH3 is 1. The first-order chi connectivity index (χ1) is 16.7. The molecule has 35 heavy (non-hydrogen) atoms. The Morgan fingerprint density at radius 1 is 1.03 bits per heavy atom. The summed E-state index contributed by atoms with van der Waals surface area (Å²) in [6.45, 7) is 3.68. The maximum absolute atomic E-state index is 13.4. The van der Waals surface area contributed by atoms with Crippen molar-refractivity contribution in [2.45, 2.75) is 31.3 Å². The summed E-state index contributed by atoms with van der Waals surface area (Å²) in [6.07, 6.45) is -0.520. The van der Waals surface area contributed by atoms with Crippen LogP contribution in [0.2, 0.25) is 0 Å². The van der Waals surface area contributed by atoms with E-state index in [0.717, 1.165) is 11.1 Å². The Bertz CT molecular complexity index is 1370. The molecule has 0 radical (unpaired) electrons. The molecule has 0 saturated carbocycles. The van der Waals surface area contributed by atoms with Gasteiger partial charge in [0.05, 0.1) is 17.7 Å². The van der Waals surface area contributed by atoms with Crippen molar-refractivity contribution in [3.8, 4) is 5.75 Å². The fourth-order valence-electron chi connectivity index (χ4n) is 3.85. The number of benzene rings is 3. The van der Waals surface area contributed by atoms with Crippen LogP contribution in [0.1, 0.15) is 28.4 Å². The number of carbonyl (C=O) groups is 2. The highest BCUT2D eigenvalue weighted by Gasteiger charge is 2.32. The van der Waals surface area contributed by atoms with E-state index in [1.54, 1.807) is 24.3 Å². The van der Waals surface area contributed by atoms with Crippen LogP contribution >= 0.6 is 0 Å². The first-order valence-electron chi connectivity index (χ1n) is 11.1. The van der Waals surface area contributed by atoms with E-state index >= 15 is 0 Å². The van der Waals surface area contributed by atoms with Gasteiger partial charge in [-0.3, -0.25) is 9.10 Å². The largest absolute Gasteiger partial charge is 0.496 e. The minimum absolute atomic E-state index is 0.0706. The maximum Gasteiger partial charge on any atom is 0.342 e. The molecule has 182 valence electrons. The Balaban J connectivity index is 1.55. The average Bonchev–Trinajstić information content (AvgIpc) is 3.30. The lowest BCUT2D eigenvalue weighted by atomic mass is 10.2. The zero-order chi connectivity index (χ0) is 25.2. The third kappa shape index (κ3) is 5.00. The Morgan fingerprint density at radius 3 is 2.46 bits per heavy atom. The van der Waals surface area contributed by atoms with Gasteiger partial charge in [0.1, 0.15) is 11.3 Å². The lowest BCUT2D eigenvalue weighted by Gasteiger charge is -2.20. The molecule has 1 heterocycles. The Morgan fingerprint density at radius 2 is 1.74 bits per heavy atom. The number of para-hydroxylation sites is 1. The fraction of sp³-hybridized carbons (Fsp3) is 0.231. The van der Waals surface area contributed by atoms with Crippen molar-refractivity contribution in [1.82, 2.24) is 0 Å². The number of sulfonamides is 1. The molecule has 4 rings (SSSR count). The second kappa shape index (κ2) is 9.79. The van der Waals surface area contributed by atoms with E-state index in [9.17, 15) is 18.0 Å². The first-order valence-corrected chi connectivity index (χ1v) is 12.5. The lowest BCUT2D eigenvalue weighted by Crippen LogP contribution is -2.31. The molecule has 0 fully saturated rings. The molecule has 1 atom stereocenters. The smallest absolute Gasteiger partial charge is 0.342 e. The normalized spacial score (nSPS) is 13.6. The number of aryl methyl sites for hydroxylation is 1. The SMILES string of the molecule is COc1ccc(S(=O)(=O)N2CCc3ccccc32)cc1C(=O)OC(C)C(=O)Nc1ccc(C)cc1. The highest BCUT2D eigenvalue weighted by Crippen LogP contribution is 2.34. The number of rotatable bonds is 7. The summed E-state index contributed by atoms with van der Waals surface area (Å²) in [7, 11) is -2.57. The van der Waals surface area contributed by atoms with Crippen molar-refractivity contribution >= 4 is 33.3 Å². The Hall–Kier alpha value is -3.85. The van der Waals surface area contributed by atoms with Crippen LogP contribution in [0.5, 0.6) is 5.75 Å². The first kappa shape index (κ1) is 24.3. The van der Waals surface area contributed by atoms with Gasteiger partial charge in [0.25, 0.3) is 15.9 Å². The number of nitrogens with one attached hydrogen (secondary N) is 1. The molecule has 1 unspecified atom stereocenters. The summed E-state index contributed by atoms with van der Waals surface area (Å²) in [5.41, 5.74) is 3.09. The van der Waals surface area contributed by atoms with Gasteiger partial charge in [0.15, 0.2) is 6.10 Å². The van der Waals surface area contributed by atoms with Crippen molar-refractivity contribution in [2.75, 3.05) is 23.3 Å². The number of esters is 1. The van der Waals surface area contributed by atoms with Gasteiger partial charge in [-0.25, -0.2) is 13.2 Å². The molecule has 3 aromatic rings. The molecule has 0 aromatic heterocycles. The van der Waals surface area contributed by atoms with E-state index in [4.69, 9.17) is 9.47 Å². The lowest BCUT2D eigenvalue weighted by molar-refractivity contribution is -0.123. The van der Waals surface area contributed by atoms with E-state index in [0.29, 0.717) is 24.3 Å². The zero-order valence-corrected chi connectivity index (χ0v) is 20.5. The molecular formula is C26H26N2O6S. The second-order valence-corrected chi connectivity index (χ2v) is 10.1. The molecule has 1 aliphatic heterocycles. The second-order valence-electron chi connectivity index (χ2n) is 8.22. The van der Waals surface area contributed by atoms with Crippen LogP contribution in [0.3, 0.4) is 0 Å². The van der Waals surface area contributed by atoms with Crippen LogP contribution in [0.4, 0.5) is 11.4 Å². The molecule has 0 aliphatic carbocycles. The summed E-state index contributed by atoms with van der Waals surface area (Å²) in [5.74, 6) is -1.24. The van der Waals surface area contributed by atoms with Gasteiger partial charge in [-0.1, -0.05) is 35.9 Å². The van der Waals surface area contributed by atoms with Gasteiger partial charge in [0.2, 0.25) is 0 Å². The van der Waals surface area contributed by atoms with Crippen molar-refractivity contribution in [3.05, 3.63) is 83.4 Å². The predicted octanol–water partition coefficient (Wildman–Crippen LogP) is 3.94. The summed E-state index contributed by atoms with van der Waals surface area (Å²) in [6, 6.07) is 18.5. The van der Waals surface area contributed by atoms with Crippen molar-refractivity contribution in [2.24, 2.45) is 0 Å². The summed E-state index contributed by atoms with van der Waals surface area (Å²) < 4.78 is 38.7. The minimum atomic E-state index is -3.93. The zero-order valence-electron chi connectivity index (χ0n) is 19.6. The van der Waals surface area contributed by atoms with Crippen LogP contribution < -0.4 is 14.4 Å². The number of nitrogens with zero attached hydrogens (tertiary/aromatic N) is 1. The number of fused-ring (bicyclic) bond motifs is 1. The van der Waals surface area contributed by atoms with Crippen molar-refractivity contribution in [1.29, 1.82) is 0 Å². The van der Waals surface area contributed by atoms with Crippen LogP contribution in [-0.2, 0) is 26.0 Å². The number of anilines is 2. The van der Waals surface area contributed by atoms with Crippen LogP contribution in [0.15, 0.2) is 71.6 Å². The van der Waals surface area contributed by atoms with Gasteiger partial charge in [-0.05, 0) is 62.2 Å². The molecule has 1 amide bonds. The van der Waals surface area contributed by atoms with Gasteiger partial charge >= 0.3 is 5.97 Å². The van der Waals surface area contributed by atoms with Gasteiger partial charge in [-0.15, -0.1) is 0 Å². The minimum Gasteiger partial charge on any atom is -0.496 e. The average molecular weight is 495 g/mol. The highest BCUT2D eigenvalue weighted by atomic mass is 32.2. The highest BCUT2D eigenvalue weighted by molar-refractivity contribution is 7.92. The quantitative estimate of drug-likeness (QED) is 0.499. The molecule has 0 spiro atoms. The molecule has 0 bridgehead atoms.